The van der Waals surface area contributed by atoms with Gasteiger partial charge in [-0.05, 0) is 36.0 Å². The molecule has 3 heteroatoms. The lowest BCUT2D eigenvalue weighted by atomic mass is 10.0. The molecule has 1 fully saturated rings. The van der Waals surface area contributed by atoms with Gasteiger partial charge in [-0.3, -0.25) is 4.79 Å². The molecule has 2 nitrogen and oxygen atoms in total. The predicted octanol–water partition coefficient (Wildman–Crippen LogP) is 2.33. The average molecular weight is 194 g/mol. The summed E-state index contributed by atoms with van der Waals surface area (Å²) in [5.41, 5.74) is 1.37. The molecule has 1 saturated carbocycles. The van der Waals surface area contributed by atoms with Crippen molar-refractivity contribution < 1.29 is 14.3 Å². The lowest BCUT2D eigenvalue weighted by Gasteiger charge is -2.03. The Morgan fingerprint density at radius 2 is 2.21 bits per heavy atom. The van der Waals surface area contributed by atoms with E-state index in [-0.39, 0.29) is 6.42 Å². The summed E-state index contributed by atoms with van der Waals surface area (Å²) in [6.07, 6.45) is 2.04. The molecule has 0 bridgehead atoms. The number of carbonyl (C=O) groups is 1. The molecular weight excluding hydrogens is 183 g/mol. The Kier molecular flexibility index (Phi) is 2.23. The molecule has 1 aliphatic carbocycles. The molecule has 0 radical (unpaired) electrons. The fourth-order valence-corrected chi connectivity index (χ4v) is 1.56. The van der Waals surface area contributed by atoms with Gasteiger partial charge in [0.2, 0.25) is 0 Å². The highest BCUT2D eigenvalue weighted by molar-refractivity contribution is 5.70. The van der Waals surface area contributed by atoms with Crippen LogP contribution in [0.2, 0.25) is 0 Å². The Labute approximate surface area is 81.4 Å². The van der Waals surface area contributed by atoms with Crippen LogP contribution in [0.4, 0.5) is 4.39 Å². The van der Waals surface area contributed by atoms with Gasteiger partial charge in [0.05, 0.1) is 6.42 Å². The van der Waals surface area contributed by atoms with Crippen molar-refractivity contribution in [3.05, 3.63) is 35.1 Å². The number of carboxylic acids is 1. The monoisotopic (exact) mass is 194 g/mol. The molecule has 0 spiro atoms. The molecule has 1 aromatic carbocycles. The van der Waals surface area contributed by atoms with Crippen LogP contribution >= 0.6 is 0 Å². The van der Waals surface area contributed by atoms with Gasteiger partial charge in [0.15, 0.2) is 0 Å². The fourth-order valence-electron chi connectivity index (χ4n) is 1.56. The Morgan fingerprint density at radius 1 is 1.50 bits per heavy atom. The predicted molar refractivity (Wildman–Crippen MR) is 49.7 cm³/mol. The number of hydrogen-bond donors (Lipinski definition) is 1. The van der Waals surface area contributed by atoms with Crippen molar-refractivity contribution in [2.24, 2.45) is 0 Å². The normalized spacial score (nSPS) is 15.5. The summed E-state index contributed by atoms with van der Waals surface area (Å²) in [4.78, 5) is 10.5. The van der Waals surface area contributed by atoms with Crippen LogP contribution in [0.25, 0.3) is 0 Å². The Balaban J connectivity index is 2.26. The van der Waals surface area contributed by atoms with E-state index in [0.717, 1.165) is 18.4 Å². The van der Waals surface area contributed by atoms with Crippen molar-refractivity contribution in [2.75, 3.05) is 0 Å². The second-order valence-electron chi connectivity index (χ2n) is 3.70. The third-order valence-corrected chi connectivity index (χ3v) is 2.46. The minimum absolute atomic E-state index is 0.230. The summed E-state index contributed by atoms with van der Waals surface area (Å²) in [5, 5.41) is 8.57. The SMILES string of the molecule is O=C(O)Cc1cc(C2CC2)ccc1F. The zero-order valence-corrected chi connectivity index (χ0v) is 7.66. The van der Waals surface area contributed by atoms with Gasteiger partial charge in [0, 0.05) is 0 Å². The van der Waals surface area contributed by atoms with Gasteiger partial charge in [-0.15, -0.1) is 0 Å². The van der Waals surface area contributed by atoms with Crippen molar-refractivity contribution in [3.8, 4) is 0 Å². The van der Waals surface area contributed by atoms with Gasteiger partial charge in [0.1, 0.15) is 5.82 Å². The number of carboxylic acid groups (broad SMARTS) is 1. The van der Waals surface area contributed by atoms with Gasteiger partial charge >= 0.3 is 5.97 Å². The van der Waals surface area contributed by atoms with E-state index >= 15 is 0 Å². The van der Waals surface area contributed by atoms with E-state index in [4.69, 9.17) is 5.11 Å². The van der Waals surface area contributed by atoms with Crippen molar-refractivity contribution in [2.45, 2.75) is 25.2 Å². The van der Waals surface area contributed by atoms with E-state index in [1.165, 1.54) is 6.07 Å². The van der Waals surface area contributed by atoms with Crippen LogP contribution in [0.1, 0.15) is 29.9 Å². The van der Waals surface area contributed by atoms with E-state index < -0.39 is 11.8 Å². The molecule has 1 aliphatic rings. The quantitative estimate of drug-likeness (QED) is 0.801. The van der Waals surface area contributed by atoms with Crippen LogP contribution < -0.4 is 0 Å². The summed E-state index contributed by atoms with van der Waals surface area (Å²) < 4.78 is 13.2. The molecule has 14 heavy (non-hydrogen) atoms. The zero-order chi connectivity index (χ0) is 10.1. The summed E-state index contributed by atoms with van der Waals surface area (Å²) in [5.74, 6) is -0.878. The highest BCUT2D eigenvalue weighted by atomic mass is 19.1. The van der Waals surface area contributed by atoms with Crippen LogP contribution in [0, 0.1) is 5.82 Å². The first-order valence-corrected chi connectivity index (χ1v) is 4.67. The summed E-state index contributed by atoms with van der Waals surface area (Å²) in [6.45, 7) is 0. The second-order valence-corrected chi connectivity index (χ2v) is 3.70. The molecule has 2 rings (SSSR count). The molecule has 74 valence electrons. The minimum atomic E-state index is -0.989. The molecular formula is C11H11FO2. The highest BCUT2D eigenvalue weighted by Crippen LogP contribution is 2.40. The van der Waals surface area contributed by atoms with E-state index in [0.29, 0.717) is 11.5 Å². The van der Waals surface area contributed by atoms with Crippen molar-refractivity contribution >= 4 is 5.97 Å². The summed E-state index contributed by atoms with van der Waals surface area (Å²) in [7, 11) is 0. The number of benzene rings is 1. The zero-order valence-electron chi connectivity index (χ0n) is 7.66. The first-order valence-electron chi connectivity index (χ1n) is 4.67. The van der Waals surface area contributed by atoms with Crippen LogP contribution in [0.15, 0.2) is 18.2 Å². The minimum Gasteiger partial charge on any atom is -0.481 e. The van der Waals surface area contributed by atoms with Gasteiger partial charge in [-0.1, -0.05) is 12.1 Å². The standard InChI is InChI=1S/C11H11FO2/c12-10-4-3-8(7-1-2-7)5-9(10)6-11(13)14/h3-5,7H,1-2,6H2,(H,13,14). The van der Waals surface area contributed by atoms with Gasteiger partial charge < -0.3 is 5.11 Å². The van der Waals surface area contributed by atoms with E-state index in [2.05, 4.69) is 0 Å². The van der Waals surface area contributed by atoms with Crippen molar-refractivity contribution in [1.82, 2.24) is 0 Å². The maximum atomic E-state index is 13.2. The van der Waals surface area contributed by atoms with Crippen molar-refractivity contribution in [1.29, 1.82) is 0 Å². The van der Waals surface area contributed by atoms with Crippen LogP contribution in [-0.2, 0) is 11.2 Å². The first kappa shape index (κ1) is 9.19. The van der Waals surface area contributed by atoms with Crippen LogP contribution in [-0.4, -0.2) is 11.1 Å². The molecule has 0 heterocycles. The molecule has 0 aromatic heterocycles. The Hall–Kier alpha value is -1.38. The summed E-state index contributed by atoms with van der Waals surface area (Å²) in [6, 6.07) is 4.80. The van der Waals surface area contributed by atoms with E-state index in [1.807, 2.05) is 0 Å². The Morgan fingerprint density at radius 3 is 2.79 bits per heavy atom. The third kappa shape index (κ3) is 1.92. The highest BCUT2D eigenvalue weighted by Gasteiger charge is 2.24. The smallest absolute Gasteiger partial charge is 0.307 e. The maximum Gasteiger partial charge on any atom is 0.307 e. The molecule has 0 amide bonds. The number of halogens is 1. The van der Waals surface area contributed by atoms with E-state index in [1.54, 1.807) is 12.1 Å². The maximum absolute atomic E-state index is 13.2. The van der Waals surface area contributed by atoms with Gasteiger partial charge in [-0.2, -0.15) is 0 Å². The molecule has 1 aromatic rings. The van der Waals surface area contributed by atoms with Crippen molar-refractivity contribution in [3.63, 3.8) is 0 Å². The number of rotatable bonds is 3. The fraction of sp³-hybridized carbons (Fsp3) is 0.364. The largest absolute Gasteiger partial charge is 0.481 e. The molecule has 0 atom stereocenters. The lowest BCUT2D eigenvalue weighted by molar-refractivity contribution is -0.136. The first-order chi connectivity index (χ1) is 6.66. The molecule has 0 aliphatic heterocycles. The van der Waals surface area contributed by atoms with Gasteiger partial charge in [-0.25, -0.2) is 4.39 Å². The molecule has 0 unspecified atom stereocenters. The number of hydrogen-bond acceptors (Lipinski definition) is 1. The topological polar surface area (TPSA) is 37.3 Å². The molecule has 0 saturated heterocycles. The average Bonchev–Trinajstić information content (AvgIpc) is 2.91. The van der Waals surface area contributed by atoms with E-state index in [9.17, 15) is 9.18 Å². The number of aliphatic carboxylic acids is 1. The summed E-state index contributed by atoms with van der Waals surface area (Å²) >= 11 is 0. The molecule has 1 N–H and O–H groups in total. The third-order valence-electron chi connectivity index (χ3n) is 2.46. The second kappa shape index (κ2) is 3.40. The van der Waals surface area contributed by atoms with Gasteiger partial charge in [0.25, 0.3) is 0 Å². The Bertz CT molecular complexity index is 370. The van der Waals surface area contributed by atoms with Crippen LogP contribution in [0.5, 0.6) is 0 Å². The van der Waals surface area contributed by atoms with Crippen LogP contribution in [0.3, 0.4) is 0 Å². The lowest BCUT2D eigenvalue weighted by Crippen LogP contribution is -2.03.